The van der Waals surface area contributed by atoms with Gasteiger partial charge in [-0.1, -0.05) is 37.3 Å². The number of carbonyl (C=O) groups excluding carboxylic acids is 2. The van der Waals surface area contributed by atoms with E-state index >= 15 is 0 Å². The van der Waals surface area contributed by atoms with E-state index in [-0.39, 0.29) is 24.3 Å². The first-order valence-corrected chi connectivity index (χ1v) is 10.8. The summed E-state index contributed by atoms with van der Waals surface area (Å²) in [6.07, 6.45) is 2.66. The molecule has 4 rings (SSSR count). The number of anilines is 1. The molecule has 0 spiro atoms. The van der Waals surface area contributed by atoms with E-state index in [1.165, 1.54) is 4.90 Å². The number of likely N-dealkylation sites (tertiary alicyclic amines) is 1. The number of benzene rings is 2. The highest BCUT2D eigenvalue weighted by Crippen LogP contribution is 2.39. The number of hydrogen-bond donors (Lipinski definition) is 1. The second kappa shape index (κ2) is 8.94. The molecule has 1 unspecified atom stereocenters. The van der Waals surface area contributed by atoms with Crippen LogP contribution in [0.5, 0.6) is 5.75 Å². The molecule has 162 valence electrons. The maximum Gasteiger partial charge on any atom is 0.282 e. The highest BCUT2D eigenvalue weighted by atomic mass is 16.5. The van der Waals surface area contributed by atoms with Crippen LogP contribution >= 0.6 is 0 Å². The standard InChI is InChI=1S/C25H28N2O4/c1-3-17-10-12-19(13-11-17)27-24(29)22(20-8-4-5-9-21(20)31-2)23(25(27)30)26-14-6-7-18(15-26)16-28/h4-5,8-13,18,28H,3,6-7,14-16H2,1-2H3. The third-order valence-electron chi connectivity index (χ3n) is 6.13. The third-order valence-corrected chi connectivity index (χ3v) is 6.13. The van der Waals surface area contributed by atoms with E-state index in [1.54, 1.807) is 13.2 Å². The van der Waals surface area contributed by atoms with Crippen molar-refractivity contribution in [3.8, 4) is 5.75 Å². The van der Waals surface area contributed by atoms with E-state index in [0.29, 0.717) is 41.4 Å². The maximum atomic E-state index is 13.7. The fourth-order valence-electron chi connectivity index (χ4n) is 4.44. The minimum atomic E-state index is -0.347. The molecule has 2 amide bonds. The predicted octanol–water partition coefficient (Wildman–Crippen LogP) is 3.25. The summed E-state index contributed by atoms with van der Waals surface area (Å²) in [4.78, 5) is 30.5. The summed E-state index contributed by atoms with van der Waals surface area (Å²) >= 11 is 0. The van der Waals surface area contributed by atoms with Gasteiger partial charge in [-0.15, -0.1) is 0 Å². The Labute approximate surface area is 182 Å². The van der Waals surface area contributed by atoms with E-state index in [1.807, 2.05) is 47.4 Å². The first-order chi connectivity index (χ1) is 15.1. The Morgan fingerprint density at radius 2 is 1.81 bits per heavy atom. The van der Waals surface area contributed by atoms with Crippen molar-refractivity contribution in [3.63, 3.8) is 0 Å². The second-order valence-electron chi connectivity index (χ2n) is 8.03. The second-order valence-corrected chi connectivity index (χ2v) is 8.03. The Balaban J connectivity index is 1.82. The number of aliphatic hydroxyl groups is 1. The zero-order valence-corrected chi connectivity index (χ0v) is 18.0. The van der Waals surface area contributed by atoms with Crippen molar-refractivity contribution in [1.29, 1.82) is 0 Å². The minimum Gasteiger partial charge on any atom is -0.496 e. The molecule has 2 aromatic carbocycles. The first kappa shape index (κ1) is 21.1. The van der Waals surface area contributed by atoms with E-state index in [2.05, 4.69) is 6.92 Å². The number of piperidine rings is 1. The summed E-state index contributed by atoms with van der Waals surface area (Å²) in [5.41, 5.74) is 3.07. The van der Waals surface area contributed by atoms with Crippen LogP contribution in [0.2, 0.25) is 0 Å². The van der Waals surface area contributed by atoms with Crippen molar-refractivity contribution in [3.05, 3.63) is 65.4 Å². The van der Waals surface area contributed by atoms with Crippen LogP contribution in [0, 0.1) is 5.92 Å². The molecule has 0 aliphatic carbocycles. The zero-order valence-electron chi connectivity index (χ0n) is 18.0. The zero-order chi connectivity index (χ0) is 22.0. The minimum absolute atomic E-state index is 0.0676. The van der Waals surface area contributed by atoms with Crippen LogP contribution < -0.4 is 9.64 Å². The number of amides is 2. The summed E-state index contributed by atoms with van der Waals surface area (Å²) in [7, 11) is 1.56. The first-order valence-electron chi connectivity index (χ1n) is 10.8. The van der Waals surface area contributed by atoms with Gasteiger partial charge in [0.1, 0.15) is 11.4 Å². The molecule has 2 aromatic rings. The molecule has 0 radical (unpaired) electrons. The topological polar surface area (TPSA) is 70.1 Å². The van der Waals surface area contributed by atoms with Crippen LogP contribution in [0.25, 0.3) is 5.57 Å². The number of imide groups is 1. The molecule has 1 saturated heterocycles. The number of para-hydroxylation sites is 1. The number of hydrogen-bond acceptors (Lipinski definition) is 5. The van der Waals surface area contributed by atoms with Gasteiger partial charge in [-0.3, -0.25) is 9.59 Å². The third kappa shape index (κ3) is 3.83. The summed E-state index contributed by atoms with van der Waals surface area (Å²) in [5.74, 6) is -0.0374. The number of carbonyl (C=O) groups is 2. The van der Waals surface area contributed by atoms with E-state index in [9.17, 15) is 14.7 Å². The van der Waals surface area contributed by atoms with Crippen molar-refractivity contribution in [2.75, 3.05) is 31.7 Å². The molecule has 31 heavy (non-hydrogen) atoms. The average Bonchev–Trinajstić information content (AvgIpc) is 3.08. The fourth-order valence-corrected chi connectivity index (χ4v) is 4.44. The van der Waals surface area contributed by atoms with Crippen molar-refractivity contribution >= 4 is 23.1 Å². The van der Waals surface area contributed by atoms with Crippen molar-refractivity contribution in [2.45, 2.75) is 26.2 Å². The Kier molecular flexibility index (Phi) is 6.09. The molecule has 0 aromatic heterocycles. The molecule has 6 heteroatoms. The summed E-state index contributed by atoms with van der Waals surface area (Å²) < 4.78 is 5.52. The van der Waals surface area contributed by atoms with Crippen LogP contribution in [0.15, 0.2) is 54.2 Å². The van der Waals surface area contributed by atoms with Gasteiger partial charge in [0.2, 0.25) is 0 Å². The Morgan fingerprint density at radius 3 is 2.48 bits per heavy atom. The summed E-state index contributed by atoms with van der Waals surface area (Å²) in [6, 6.07) is 14.8. The molecule has 2 aliphatic rings. The normalized spacial score (nSPS) is 19.4. The van der Waals surface area contributed by atoms with Gasteiger partial charge in [0.15, 0.2) is 0 Å². The predicted molar refractivity (Wildman–Crippen MR) is 120 cm³/mol. The Bertz CT molecular complexity index is 1010. The van der Waals surface area contributed by atoms with Gasteiger partial charge >= 0.3 is 0 Å². The van der Waals surface area contributed by atoms with Gasteiger partial charge in [0.25, 0.3) is 11.8 Å². The van der Waals surface area contributed by atoms with Gasteiger partial charge < -0.3 is 14.7 Å². The number of aryl methyl sites for hydroxylation is 1. The molecule has 1 fully saturated rings. The molecule has 1 N–H and O–H groups in total. The monoisotopic (exact) mass is 420 g/mol. The lowest BCUT2D eigenvalue weighted by Crippen LogP contribution is -2.40. The lowest BCUT2D eigenvalue weighted by molar-refractivity contribution is -0.120. The van der Waals surface area contributed by atoms with Crippen molar-refractivity contribution < 1.29 is 19.4 Å². The maximum absolute atomic E-state index is 13.7. The van der Waals surface area contributed by atoms with E-state index in [4.69, 9.17) is 4.74 Å². The van der Waals surface area contributed by atoms with Crippen molar-refractivity contribution in [1.82, 2.24) is 4.90 Å². The molecule has 2 heterocycles. The highest BCUT2D eigenvalue weighted by molar-refractivity contribution is 6.45. The number of aliphatic hydroxyl groups excluding tert-OH is 1. The summed E-state index contributed by atoms with van der Waals surface area (Å²) in [5, 5.41) is 9.69. The lowest BCUT2D eigenvalue weighted by atomic mass is 9.96. The quantitative estimate of drug-likeness (QED) is 0.727. The average molecular weight is 421 g/mol. The van der Waals surface area contributed by atoms with Crippen LogP contribution in [0.3, 0.4) is 0 Å². The molecule has 2 aliphatic heterocycles. The highest BCUT2D eigenvalue weighted by Gasteiger charge is 2.44. The van der Waals surface area contributed by atoms with Gasteiger partial charge in [-0.2, -0.15) is 0 Å². The van der Waals surface area contributed by atoms with Gasteiger partial charge in [-0.25, -0.2) is 4.90 Å². The van der Waals surface area contributed by atoms with Crippen molar-refractivity contribution in [2.24, 2.45) is 5.92 Å². The smallest absolute Gasteiger partial charge is 0.282 e. The number of ether oxygens (including phenoxy) is 1. The van der Waals surface area contributed by atoms with Gasteiger partial charge in [0.05, 0.1) is 18.4 Å². The number of nitrogens with zero attached hydrogens (tertiary/aromatic N) is 2. The molecular formula is C25H28N2O4. The SMILES string of the molecule is CCc1ccc(N2C(=O)C(c3ccccc3OC)=C(N3CCCC(CO)C3)C2=O)cc1. The lowest BCUT2D eigenvalue weighted by Gasteiger charge is -2.34. The molecule has 1 atom stereocenters. The Hall–Kier alpha value is -3.12. The number of methoxy groups -OCH3 is 1. The Morgan fingerprint density at radius 1 is 1.06 bits per heavy atom. The van der Waals surface area contributed by atoms with Gasteiger partial charge in [0, 0.05) is 25.3 Å². The fraction of sp³-hybridized carbons (Fsp3) is 0.360. The molecule has 6 nitrogen and oxygen atoms in total. The molecule has 0 saturated carbocycles. The van der Waals surface area contributed by atoms with Crippen LogP contribution in [0.4, 0.5) is 5.69 Å². The van der Waals surface area contributed by atoms with E-state index < -0.39 is 0 Å². The number of rotatable bonds is 6. The van der Waals surface area contributed by atoms with Gasteiger partial charge in [-0.05, 0) is 48.9 Å². The summed E-state index contributed by atoms with van der Waals surface area (Å²) in [6.45, 7) is 3.35. The largest absolute Gasteiger partial charge is 0.496 e. The van der Waals surface area contributed by atoms with Crippen LogP contribution in [-0.4, -0.2) is 48.6 Å². The van der Waals surface area contributed by atoms with Crippen LogP contribution in [0.1, 0.15) is 30.9 Å². The molecule has 0 bridgehead atoms. The molecular weight excluding hydrogens is 392 g/mol. The van der Waals surface area contributed by atoms with Crippen LogP contribution in [-0.2, 0) is 16.0 Å². The van der Waals surface area contributed by atoms with E-state index in [0.717, 1.165) is 24.8 Å².